The van der Waals surface area contributed by atoms with Gasteiger partial charge in [-0.2, -0.15) is 0 Å². The van der Waals surface area contributed by atoms with Crippen LogP contribution in [0.25, 0.3) is 0 Å². The lowest BCUT2D eigenvalue weighted by Crippen LogP contribution is -2.03. The van der Waals surface area contributed by atoms with Gasteiger partial charge in [-0.05, 0) is 31.1 Å². The topological polar surface area (TPSA) is 0 Å². The predicted octanol–water partition coefficient (Wildman–Crippen LogP) is 3.63. The molecule has 0 bridgehead atoms. The summed E-state index contributed by atoms with van der Waals surface area (Å²) in [4.78, 5) is 0. The Morgan fingerprint density at radius 2 is 2.25 bits per heavy atom. The van der Waals surface area contributed by atoms with Crippen LogP contribution in [0.1, 0.15) is 40.0 Å². The minimum atomic E-state index is 0.900. The molecule has 0 nitrogen and oxygen atoms in total. The van der Waals surface area contributed by atoms with Crippen molar-refractivity contribution >= 4 is 0 Å². The second-order valence-corrected chi connectivity index (χ2v) is 4.74. The van der Waals surface area contributed by atoms with Crippen LogP contribution in [0.15, 0.2) is 11.6 Å². The summed E-state index contributed by atoms with van der Waals surface area (Å²) in [6.07, 6.45) is 6.81. The molecule has 0 radical (unpaired) electrons. The molecule has 0 amide bonds. The minimum Gasteiger partial charge on any atom is -0.0775 e. The van der Waals surface area contributed by atoms with E-state index >= 15 is 0 Å². The lowest BCUT2D eigenvalue weighted by molar-refractivity contribution is 0.427. The molecule has 1 saturated carbocycles. The SMILES string of the molecule is CCCC1CC1C(C)C1C=C1C. The van der Waals surface area contributed by atoms with Crippen molar-refractivity contribution in [1.82, 2.24) is 0 Å². The Hall–Kier alpha value is -0.260. The molecule has 4 atom stereocenters. The lowest BCUT2D eigenvalue weighted by Gasteiger charge is -2.10. The maximum atomic E-state index is 2.44. The van der Waals surface area contributed by atoms with Crippen LogP contribution in [0, 0.1) is 23.7 Å². The minimum absolute atomic E-state index is 0.900. The molecule has 1 fully saturated rings. The molecule has 68 valence electrons. The van der Waals surface area contributed by atoms with Crippen molar-refractivity contribution in [3.8, 4) is 0 Å². The zero-order chi connectivity index (χ0) is 8.72. The Morgan fingerprint density at radius 1 is 1.58 bits per heavy atom. The first-order valence-corrected chi connectivity index (χ1v) is 5.42. The van der Waals surface area contributed by atoms with Crippen LogP contribution < -0.4 is 0 Å². The highest BCUT2D eigenvalue weighted by atomic mass is 14.5. The van der Waals surface area contributed by atoms with Crippen molar-refractivity contribution in [3.05, 3.63) is 11.6 Å². The Kier molecular flexibility index (Phi) is 2.02. The van der Waals surface area contributed by atoms with Crippen LogP contribution in [0.4, 0.5) is 0 Å². The van der Waals surface area contributed by atoms with E-state index in [0.29, 0.717) is 0 Å². The Labute approximate surface area is 76.1 Å². The third kappa shape index (κ3) is 1.44. The predicted molar refractivity (Wildman–Crippen MR) is 52.9 cm³/mol. The lowest BCUT2D eigenvalue weighted by atomic mass is 9.95. The summed E-state index contributed by atoms with van der Waals surface area (Å²) in [6, 6.07) is 0. The first kappa shape index (κ1) is 8.34. The van der Waals surface area contributed by atoms with Crippen LogP contribution in [0.2, 0.25) is 0 Å². The van der Waals surface area contributed by atoms with Gasteiger partial charge in [0.1, 0.15) is 0 Å². The van der Waals surface area contributed by atoms with Gasteiger partial charge >= 0.3 is 0 Å². The van der Waals surface area contributed by atoms with Gasteiger partial charge in [-0.25, -0.2) is 0 Å². The maximum Gasteiger partial charge on any atom is 0.000537 e. The Bertz CT molecular complexity index is 202. The molecule has 12 heavy (non-hydrogen) atoms. The molecule has 2 aliphatic carbocycles. The van der Waals surface area contributed by atoms with Crippen molar-refractivity contribution in [2.24, 2.45) is 23.7 Å². The summed E-state index contributed by atoms with van der Waals surface area (Å²) in [5, 5.41) is 0. The summed E-state index contributed by atoms with van der Waals surface area (Å²) >= 11 is 0. The molecule has 0 N–H and O–H groups in total. The van der Waals surface area contributed by atoms with Gasteiger partial charge in [-0.15, -0.1) is 0 Å². The number of rotatable bonds is 4. The normalized spacial score (nSPS) is 40.6. The summed E-state index contributed by atoms with van der Waals surface area (Å²) in [5.41, 5.74) is 1.64. The van der Waals surface area contributed by atoms with E-state index in [1.807, 2.05) is 0 Å². The summed E-state index contributed by atoms with van der Waals surface area (Å²) in [5.74, 6) is 4.02. The molecule has 2 aliphatic rings. The van der Waals surface area contributed by atoms with E-state index in [2.05, 4.69) is 26.8 Å². The fourth-order valence-electron chi connectivity index (χ4n) is 2.69. The molecular formula is C12H20. The van der Waals surface area contributed by atoms with Gasteiger partial charge in [0.15, 0.2) is 0 Å². The third-order valence-electron chi connectivity index (χ3n) is 3.74. The van der Waals surface area contributed by atoms with Crippen molar-refractivity contribution in [1.29, 1.82) is 0 Å². The average molecular weight is 164 g/mol. The largest absolute Gasteiger partial charge is 0.0775 e. The van der Waals surface area contributed by atoms with E-state index in [9.17, 15) is 0 Å². The van der Waals surface area contributed by atoms with E-state index in [1.165, 1.54) is 19.3 Å². The molecule has 0 heteroatoms. The molecule has 0 spiro atoms. The highest BCUT2D eigenvalue weighted by Gasteiger charge is 2.44. The van der Waals surface area contributed by atoms with Crippen LogP contribution in [-0.2, 0) is 0 Å². The van der Waals surface area contributed by atoms with Gasteiger partial charge in [0.25, 0.3) is 0 Å². The summed E-state index contributed by atoms with van der Waals surface area (Å²) in [6.45, 7) is 7.02. The Morgan fingerprint density at radius 3 is 2.75 bits per heavy atom. The van der Waals surface area contributed by atoms with Gasteiger partial charge in [0.2, 0.25) is 0 Å². The smallest absolute Gasteiger partial charge is 0.000537 e. The van der Waals surface area contributed by atoms with Crippen molar-refractivity contribution in [2.75, 3.05) is 0 Å². The monoisotopic (exact) mass is 164 g/mol. The number of hydrogen-bond donors (Lipinski definition) is 0. The molecule has 2 rings (SSSR count). The summed E-state index contributed by atoms with van der Waals surface area (Å²) < 4.78 is 0. The van der Waals surface area contributed by atoms with Crippen molar-refractivity contribution in [2.45, 2.75) is 40.0 Å². The second kappa shape index (κ2) is 2.90. The van der Waals surface area contributed by atoms with E-state index in [0.717, 1.165) is 23.7 Å². The molecule has 0 aromatic rings. The number of allylic oxidation sites excluding steroid dienone is 2. The quantitative estimate of drug-likeness (QED) is 0.556. The highest BCUT2D eigenvalue weighted by Crippen LogP contribution is 2.53. The van der Waals surface area contributed by atoms with Gasteiger partial charge < -0.3 is 0 Å². The van der Waals surface area contributed by atoms with Crippen LogP contribution in [-0.4, -0.2) is 0 Å². The molecule has 0 heterocycles. The fourth-order valence-corrected chi connectivity index (χ4v) is 2.69. The van der Waals surface area contributed by atoms with E-state index in [4.69, 9.17) is 0 Å². The van der Waals surface area contributed by atoms with Gasteiger partial charge in [0, 0.05) is 5.92 Å². The first-order valence-electron chi connectivity index (χ1n) is 5.42. The molecule has 0 aromatic heterocycles. The third-order valence-corrected chi connectivity index (χ3v) is 3.74. The highest BCUT2D eigenvalue weighted by molar-refractivity contribution is 5.28. The standard InChI is InChI=1S/C12H20/c1-4-5-10-7-12(10)9(3)11-6-8(11)2/h6,9-12H,4-5,7H2,1-3H3. The van der Waals surface area contributed by atoms with Gasteiger partial charge in [-0.3, -0.25) is 0 Å². The van der Waals surface area contributed by atoms with Crippen LogP contribution in [0.5, 0.6) is 0 Å². The van der Waals surface area contributed by atoms with Crippen LogP contribution >= 0.6 is 0 Å². The fraction of sp³-hybridized carbons (Fsp3) is 0.833. The molecular weight excluding hydrogens is 144 g/mol. The first-order chi connectivity index (χ1) is 5.74. The average Bonchev–Trinajstić information content (AvgIpc) is 2.87. The molecule has 0 aliphatic heterocycles. The van der Waals surface area contributed by atoms with E-state index in [-0.39, 0.29) is 0 Å². The molecule has 4 unspecified atom stereocenters. The van der Waals surface area contributed by atoms with E-state index < -0.39 is 0 Å². The molecule has 0 aromatic carbocycles. The van der Waals surface area contributed by atoms with Gasteiger partial charge in [-0.1, -0.05) is 38.3 Å². The van der Waals surface area contributed by atoms with Crippen molar-refractivity contribution in [3.63, 3.8) is 0 Å². The molecule has 0 saturated heterocycles. The summed E-state index contributed by atoms with van der Waals surface area (Å²) in [7, 11) is 0. The number of hydrogen-bond acceptors (Lipinski definition) is 0. The second-order valence-electron chi connectivity index (χ2n) is 4.74. The van der Waals surface area contributed by atoms with Crippen molar-refractivity contribution < 1.29 is 0 Å². The zero-order valence-electron chi connectivity index (χ0n) is 8.51. The van der Waals surface area contributed by atoms with Gasteiger partial charge in [0.05, 0.1) is 0 Å². The maximum absolute atomic E-state index is 2.44. The Balaban J connectivity index is 1.74. The zero-order valence-corrected chi connectivity index (χ0v) is 8.51. The van der Waals surface area contributed by atoms with Crippen LogP contribution in [0.3, 0.4) is 0 Å². The van der Waals surface area contributed by atoms with E-state index in [1.54, 1.807) is 5.57 Å².